The molecule has 200 valence electrons. The monoisotopic (exact) mass is 527 g/mol. The summed E-state index contributed by atoms with van der Waals surface area (Å²) in [5.74, 6) is -0.663. The predicted molar refractivity (Wildman–Crippen MR) is 144 cm³/mol. The number of nitrogens with zero attached hydrogens (tertiary/aromatic N) is 2. The Morgan fingerprint density at radius 3 is 2.13 bits per heavy atom. The van der Waals surface area contributed by atoms with Gasteiger partial charge in [0.25, 0.3) is 11.8 Å². The van der Waals surface area contributed by atoms with Gasteiger partial charge in [-0.1, -0.05) is 18.2 Å². The molecule has 9 nitrogen and oxygen atoms in total. The third-order valence-electron chi connectivity index (χ3n) is 6.87. The number of carbonyl (C=O) groups is 4. The van der Waals surface area contributed by atoms with Crippen molar-refractivity contribution in [1.29, 1.82) is 0 Å². The lowest BCUT2D eigenvalue weighted by molar-refractivity contribution is -0.143. The van der Waals surface area contributed by atoms with E-state index in [1.807, 2.05) is 36.4 Å². The molecule has 0 spiro atoms. The van der Waals surface area contributed by atoms with Crippen LogP contribution in [-0.2, 0) is 27.5 Å². The van der Waals surface area contributed by atoms with Crippen molar-refractivity contribution in [3.8, 4) is 17.2 Å². The molecule has 2 fully saturated rings. The van der Waals surface area contributed by atoms with Gasteiger partial charge in [0.15, 0.2) is 0 Å². The normalized spacial score (nSPS) is 15.2. The number of amides is 3. The first-order valence-corrected chi connectivity index (χ1v) is 12.9. The smallest absolute Gasteiger partial charge is 0.297 e. The van der Waals surface area contributed by atoms with Gasteiger partial charge < -0.3 is 19.7 Å². The number of nitrogens with one attached hydrogen (secondary N) is 1. The molecule has 3 aromatic carbocycles. The molecule has 0 unspecified atom stereocenters. The number of ether oxygens (including phenoxy) is 2. The van der Waals surface area contributed by atoms with Crippen LogP contribution in [0.3, 0.4) is 0 Å². The van der Waals surface area contributed by atoms with Crippen molar-refractivity contribution in [2.75, 3.05) is 25.1 Å². The van der Waals surface area contributed by atoms with Crippen LogP contribution in [0.1, 0.15) is 40.7 Å². The SMILES string of the molecule is COc1ccc(CN2C(=O)CC(=O)C2=O)cc1C(=O)NCc1ccc(Oc2ccc(N3CCCC3)cc2)cc1. The topological polar surface area (TPSA) is 105 Å². The molecule has 3 amide bonds. The Morgan fingerprint density at radius 1 is 0.872 bits per heavy atom. The van der Waals surface area contributed by atoms with E-state index in [0.29, 0.717) is 17.1 Å². The average molecular weight is 528 g/mol. The molecule has 0 bridgehead atoms. The number of ketones is 1. The molecule has 5 rings (SSSR count). The summed E-state index contributed by atoms with van der Waals surface area (Å²) in [6.07, 6.45) is 2.05. The summed E-state index contributed by atoms with van der Waals surface area (Å²) in [5.41, 5.74) is 2.88. The fraction of sp³-hybridized carbons (Fsp3) is 0.267. The number of hydrogen-bond acceptors (Lipinski definition) is 7. The molecule has 39 heavy (non-hydrogen) atoms. The van der Waals surface area contributed by atoms with Gasteiger partial charge >= 0.3 is 0 Å². The van der Waals surface area contributed by atoms with Gasteiger partial charge in [-0.15, -0.1) is 0 Å². The molecular formula is C30H29N3O6. The lowest BCUT2D eigenvalue weighted by Gasteiger charge is -2.17. The van der Waals surface area contributed by atoms with E-state index in [2.05, 4.69) is 22.3 Å². The highest BCUT2D eigenvalue weighted by molar-refractivity contribution is 6.46. The van der Waals surface area contributed by atoms with Crippen LogP contribution in [0.25, 0.3) is 0 Å². The van der Waals surface area contributed by atoms with Crippen LogP contribution in [0.4, 0.5) is 5.69 Å². The van der Waals surface area contributed by atoms with Gasteiger partial charge in [-0.05, 0) is 72.5 Å². The maximum absolute atomic E-state index is 13.0. The zero-order valence-electron chi connectivity index (χ0n) is 21.6. The fourth-order valence-corrected chi connectivity index (χ4v) is 4.73. The summed E-state index contributed by atoms with van der Waals surface area (Å²) < 4.78 is 11.3. The predicted octanol–water partition coefficient (Wildman–Crippen LogP) is 3.85. The molecule has 2 heterocycles. The molecule has 0 radical (unpaired) electrons. The second kappa shape index (κ2) is 11.4. The van der Waals surface area contributed by atoms with E-state index in [1.165, 1.54) is 25.6 Å². The highest BCUT2D eigenvalue weighted by atomic mass is 16.5. The summed E-state index contributed by atoms with van der Waals surface area (Å²) in [6.45, 7) is 2.38. The number of methoxy groups -OCH3 is 1. The highest BCUT2D eigenvalue weighted by Crippen LogP contribution is 2.27. The number of likely N-dealkylation sites (tertiary alicyclic amines) is 1. The number of carbonyl (C=O) groups excluding carboxylic acids is 4. The number of imide groups is 1. The Morgan fingerprint density at radius 2 is 1.51 bits per heavy atom. The summed E-state index contributed by atoms with van der Waals surface area (Å²) in [4.78, 5) is 51.7. The largest absolute Gasteiger partial charge is 0.496 e. The molecule has 0 saturated carbocycles. The number of rotatable bonds is 9. The summed E-state index contributed by atoms with van der Waals surface area (Å²) in [5, 5.41) is 2.87. The number of Topliss-reactive ketones (excluding diaryl/α,β-unsaturated/α-hetero) is 1. The van der Waals surface area contributed by atoms with Crippen LogP contribution in [0.5, 0.6) is 17.2 Å². The van der Waals surface area contributed by atoms with Crippen LogP contribution in [-0.4, -0.2) is 48.6 Å². The first-order chi connectivity index (χ1) is 18.9. The number of benzene rings is 3. The Kier molecular flexibility index (Phi) is 7.58. The van der Waals surface area contributed by atoms with Crippen molar-refractivity contribution in [1.82, 2.24) is 10.2 Å². The van der Waals surface area contributed by atoms with E-state index in [9.17, 15) is 19.2 Å². The molecule has 2 saturated heterocycles. The van der Waals surface area contributed by atoms with E-state index in [4.69, 9.17) is 9.47 Å². The van der Waals surface area contributed by atoms with Gasteiger partial charge in [0, 0.05) is 25.3 Å². The fourth-order valence-electron chi connectivity index (χ4n) is 4.73. The molecule has 3 aromatic rings. The Hall–Kier alpha value is -4.66. The molecule has 0 aromatic heterocycles. The molecule has 9 heteroatoms. The minimum Gasteiger partial charge on any atom is -0.496 e. The molecule has 2 aliphatic rings. The molecular weight excluding hydrogens is 498 g/mol. The molecule has 0 atom stereocenters. The van der Waals surface area contributed by atoms with Gasteiger partial charge in [0.2, 0.25) is 11.7 Å². The second-order valence-corrected chi connectivity index (χ2v) is 9.54. The van der Waals surface area contributed by atoms with Crippen molar-refractivity contribution >= 4 is 29.2 Å². The summed E-state index contributed by atoms with van der Waals surface area (Å²) in [7, 11) is 1.46. The van der Waals surface area contributed by atoms with Crippen LogP contribution in [0.2, 0.25) is 0 Å². The highest BCUT2D eigenvalue weighted by Gasteiger charge is 2.37. The van der Waals surface area contributed by atoms with E-state index in [-0.39, 0.29) is 24.6 Å². The van der Waals surface area contributed by atoms with Crippen molar-refractivity contribution in [2.45, 2.75) is 32.4 Å². The van der Waals surface area contributed by atoms with Crippen LogP contribution >= 0.6 is 0 Å². The number of anilines is 1. The van der Waals surface area contributed by atoms with Gasteiger partial charge in [0.05, 0.1) is 25.6 Å². The van der Waals surface area contributed by atoms with E-state index < -0.39 is 24.0 Å². The molecule has 2 aliphatic heterocycles. The van der Waals surface area contributed by atoms with Crippen LogP contribution in [0.15, 0.2) is 66.7 Å². The summed E-state index contributed by atoms with van der Waals surface area (Å²) in [6, 6.07) is 20.4. The quantitative estimate of drug-likeness (QED) is 0.256. The minimum absolute atomic E-state index is 0.0872. The van der Waals surface area contributed by atoms with Gasteiger partial charge in [0.1, 0.15) is 17.2 Å². The Bertz CT molecular complexity index is 1400. The van der Waals surface area contributed by atoms with Crippen LogP contribution < -0.4 is 19.7 Å². The number of hydrogen-bond donors (Lipinski definition) is 1. The van der Waals surface area contributed by atoms with Gasteiger partial charge in [-0.3, -0.25) is 24.1 Å². The molecule has 0 aliphatic carbocycles. The van der Waals surface area contributed by atoms with Gasteiger partial charge in [-0.2, -0.15) is 0 Å². The van der Waals surface area contributed by atoms with Crippen molar-refractivity contribution in [3.05, 3.63) is 83.4 Å². The van der Waals surface area contributed by atoms with E-state index in [0.717, 1.165) is 29.3 Å². The van der Waals surface area contributed by atoms with E-state index >= 15 is 0 Å². The Labute approximate surface area is 226 Å². The lowest BCUT2D eigenvalue weighted by atomic mass is 10.1. The minimum atomic E-state index is -0.826. The first-order valence-electron chi connectivity index (χ1n) is 12.9. The van der Waals surface area contributed by atoms with Crippen molar-refractivity contribution < 1.29 is 28.7 Å². The van der Waals surface area contributed by atoms with E-state index in [1.54, 1.807) is 18.2 Å². The zero-order valence-corrected chi connectivity index (χ0v) is 21.6. The third kappa shape index (κ3) is 5.93. The zero-order chi connectivity index (χ0) is 27.4. The van der Waals surface area contributed by atoms with Crippen molar-refractivity contribution in [3.63, 3.8) is 0 Å². The lowest BCUT2D eigenvalue weighted by Crippen LogP contribution is -2.30. The van der Waals surface area contributed by atoms with Gasteiger partial charge in [-0.25, -0.2) is 0 Å². The standard InChI is InChI=1S/C30H29N3O6/c1-38-27-13-6-21(19-33-28(35)17-26(34)30(33)37)16-25(27)29(36)31-18-20-4-9-23(10-5-20)39-24-11-7-22(8-12-24)32-14-2-3-15-32/h4-13,16H,2-3,14-15,17-19H2,1H3,(H,31,36). The Balaban J connectivity index is 1.18. The maximum atomic E-state index is 13.0. The van der Waals surface area contributed by atoms with Crippen LogP contribution in [0, 0.1) is 0 Å². The maximum Gasteiger partial charge on any atom is 0.297 e. The average Bonchev–Trinajstić information content (AvgIpc) is 3.57. The second-order valence-electron chi connectivity index (χ2n) is 9.54. The first kappa shape index (κ1) is 26.0. The molecule has 1 N–H and O–H groups in total. The summed E-state index contributed by atoms with van der Waals surface area (Å²) >= 11 is 0. The van der Waals surface area contributed by atoms with Crippen molar-refractivity contribution in [2.24, 2.45) is 0 Å². The third-order valence-corrected chi connectivity index (χ3v) is 6.87.